The van der Waals surface area contributed by atoms with Gasteiger partial charge in [-0.15, -0.1) is 0 Å². The zero-order valence-electron chi connectivity index (χ0n) is 20.6. The number of nitrogens with zero attached hydrogens (tertiary/aromatic N) is 5. The maximum atomic E-state index is 13.0. The number of benzene rings is 1. The largest absolute Gasteiger partial charge is 0.339 e. The summed E-state index contributed by atoms with van der Waals surface area (Å²) in [4.78, 5) is 49.8. The normalized spacial score (nSPS) is 20.8. The molecule has 190 valence electrons. The number of imide groups is 1. The van der Waals surface area contributed by atoms with Gasteiger partial charge in [-0.25, -0.2) is 0 Å². The van der Waals surface area contributed by atoms with Crippen LogP contribution in [0.2, 0.25) is 0 Å². The SMILES string of the molecule is Cc1noc(C2CCN(Cc3ccnc(-c4ccc5c(c4)CN(C4CCC(=O)NC4=O)C5=O)c3)CC2)n1. The molecule has 0 radical (unpaired) electrons. The Morgan fingerprint density at radius 2 is 1.92 bits per heavy atom. The topological polar surface area (TPSA) is 122 Å². The van der Waals surface area contributed by atoms with Crippen LogP contribution in [0.25, 0.3) is 11.3 Å². The lowest BCUT2D eigenvalue weighted by Gasteiger charge is -2.30. The molecule has 10 heteroatoms. The third kappa shape index (κ3) is 4.64. The van der Waals surface area contributed by atoms with Gasteiger partial charge >= 0.3 is 0 Å². The van der Waals surface area contributed by atoms with E-state index in [1.807, 2.05) is 37.4 Å². The summed E-state index contributed by atoms with van der Waals surface area (Å²) in [7, 11) is 0. The van der Waals surface area contributed by atoms with Crippen LogP contribution >= 0.6 is 0 Å². The second-order valence-corrected chi connectivity index (χ2v) is 10.1. The van der Waals surface area contributed by atoms with Crippen LogP contribution in [0, 0.1) is 6.92 Å². The number of carbonyl (C=O) groups excluding carboxylic acids is 3. The van der Waals surface area contributed by atoms with Crippen LogP contribution in [-0.2, 0) is 22.7 Å². The number of pyridine rings is 1. The molecule has 1 aromatic carbocycles. The molecule has 2 aromatic heterocycles. The number of rotatable bonds is 5. The van der Waals surface area contributed by atoms with Gasteiger partial charge in [0.1, 0.15) is 6.04 Å². The minimum Gasteiger partial charge on any atom is -0.339 e. The van der Waals surface area contributed by atoms with E-state index in [2.05, 4.69) is 31.4 Å². The summed E-state index contributed by atoms with van der Waals surface area (Å²) >= 11 is 0. The fourth-order valence-corrected chi connectivity index (χ4v) is 5.54. The standard InChI is InChI=1S/C27H28N6O4/c1-16-29-26(37-31-16)18-7-10-32(11-8-18)14-17-6-9-28-22(12-17)19-2-3-21-20(13-19)15-33(27(21)36)23-4-5-24(34)30-25(23)35/h2-3,6,9,12-13,18,23H,4-5,7-8,10-11,14-15H2,1H3,(H,30,34,35). The lowest BCUT2D eigenvalue weighted by atomic mass is 9.96. The van der Waals surface area contributed by atoms with Crippen LogP contribution < -0.4 is 5.32 Å². The number of aryl methyl sites for hydroxylation is 1. The summed E-state index contributed by atoms with van der Waals surface area (Å²) in [6, 6.07) is 9.24. The van der Waals surface area contributed by atoms with Crippen molar-refractivity contribution in [3.63, 3.8) is 0 Å². The molecule has 10 nitrogen and oxygen atoms in total. The zero-order valence-corrected chi connectivity index (χ0v) is 20.6. The average molecular weight is 501 g/mol. The quantitative estimate of drug-likeness (QED) is 0.531. The average Bonchev–Trinajstić information content (AvgIpc) is 3.47. The minimum absolute atomic E-state index is 0.170. The van der Waals surface area contributed by atoms with E-state index in [9.17, 15) is 14.4 Å². The molecule has 3 amide bonds. The van der Waals surface area contributed by atoms with Crippen molar-refractivity contribution >= 4 is 17.7 Å². The van der Waals surface area contributed by atoms with Crippen molar-refractivity contribution in [3.05, 3.63) is 64.9 Å². The molecule has 6 rings (SSSR count). The summed E-state index contributed by atoms with van der Waals surface area (Å²) in [5.74, 6) is 0.889. The number of carbonyl (C=O) groups is 3. The highest BCUT2D eigenvalue weighted by atomic mass is 16.5. The monoisotopic (exact) mass is 500 g/mol. The van der Waals surface area contributed by atoms with Gasteiger partial charge in [-0.2, -0.15) is 4.98 Å². The minimum atomic E-state index is -0.615. The molecule has 2 saturated heterocycles. The summed E-state index contributed by atoms with van der Waals surface area (Å²) < 4.78 is 5.37. The first-order chi connectivity index (χ1) is 17.9. The van der Waals surface area contributed by atoms with E-state index in [1.165, 1.54) is 5.56 Å². The Morgan fingerprint density at radius 3 is 2.68 bits per heavy atom. The first-order valence-corrected chi connectivity index (χ1v) is 12.7. The number of nitrogens with one attached hydrogen (secondary N) is 1. The predicted molar refractivity (Wildman–Crippen MR) is 132 cm³/mol. The molecule has 1 atom stereocenters. The molecule has 3 aliphatic rings. The molecule has 0 saturated carbocycles. The summed E-state index contributed by atoms with van der Waals surface area (Å²) in [6.45, 7) is 4.94. The number of aromatic nitrogens is 3. The van der Waals surface area contributed by atoms with Crippen molar-refractivity contribution in [1.82, 2.24) is 30.2 Å². The smallest absolute Gasteiger partial charge is 0.255 e. The zero-order chi connectivity index (χ0) is 25.5. The number of hydrogen-bond donors (Lipinski definition) is 1. The second-order valence-electron chi connectivity index (χ2n) is 10.1. The van der Waals surface area contributed by atoms with Gasteiger partial charge in [-0.1, -0.05) is 11.2 Å². The fourth-order valence-electron chi connectivity index (χ4n) is 5.54. The Bertz CT molecular complexity index is 1380. The van der Waals surface area contributed by atoms with Gasteiger partial charge in [0.05, 0.1) is 5.69 Å². The van der Waals surface area contributed by atoms with Crippen molar-refractivity contribution in [2.45, 2.75) is 57.7 Å². The van der Waals surface area contributed by atoms with Crippen molar-refractivity contribution in [2.24, 2.45) is 0 Å². The Morgan fingerprint density at radius 1 is 1.08 bits per heavy atom. The highest BCUT2D eigenvalue weighted by molar-refractivity contribution is 6.05. The Balaban J connectivity index is 1.13. The van der Waals surface area contributed by atoms with E-state index in [4.69, 9.17) is 4.52 Å². The Hall–Kier alpha value is -3.92. The van der Waals surface area contributed by atoms with Crippen molar-refractivity contribution in [2.75, 3.05) is 13.1 Å². The number of amides is 3. The molecule has 0 spiro atoms. The molecule has 2 fully saturated rings. The van der Waals surface area contributed by atoms with Gasteiger partial charge in [-0.3, -0.25) is 29.6 Å². The molecule has 0 aliphatic carbocycles. The van der Waals surface area contributed by atoms with E-state index in [1.54, 1.807) is 4.90 Å². The summed E-state index contributed by atoms with van der Waals surface area (Å²) in [5, 5.41) is 6.26. The van der Waals surface area contributed by atoms with E-state index in [0.29, 0.717) is 30.3 Å². The third-order valence-electron chi connectivity index (χ3n) is 7.53. The van der Waals surface area contributed by atoms with E-state index in [0.717, 1.165) is 55.2 Å². The van der Waals surface area contributed by atoms with Crippen LogP contribution in [-0.4, -0.2) is 61.8 Å². The second kappa shape index (κ2) is 9.51. The van der Waals surface area contributed by atoms with Crippen molar-refractivity contribution in [3.8, 4) is 11.3 Å². The van der Waals surface area contributed by atoms with Crippen LogP contribution in [0.15, 0.2) is 41.1 Å². The van der Waals surface area contributed by atoms with E-state index < -0.39 is 11.9 Å². The Kier molecular flexibility index (Phi) is 6.03. The molecule has 3 aliphatic heterocycles. The van der Waals surface area contributed by atoms with Gasteiger partial charge in [0.2, 0.25) is 17.7 Å². The first-order valence-electron chi connectivity index (χ1n) is 12.7. The van der Waals surface area contributed by atoms with Crippen LogP contribution in [0.4, 0.5) is 0 Å². The lowest BCUT2D eigenvalue weighted by molar-refractivity contribution is -0.136. The molecular formula is C27H28N6O4. The van der Waals surface area contributed by atoms with Gasteiger partial charge < -0.3 is 9.42 Å². The maximum absolute atomic E-state index is 13.0. The highest BCUT2D eigenvalue weighted by Crippen LogP contribution is 2.31. The van der Waals surface area contributed by atoms with Crippen molar-refractivity contribution in [1.29, 1.82) is 0 Å². The molecule has 0 bridgehead atoms. The lowest BCUT2D eigenvalue weighted by Crippen LogP contribution is -2.52. The van der Waals surface area contributed by atoms with Crippen LogP contribution in [0.5, 0.6) is 0 Å². The fraction of sp³-hybridized carbons (Fsp3) is 0.407. The molecule has 37 heavy (non-hydrogen) atoms. The number of fused-ring (bicyclic) bond motifs is 1. The third-order valence-corrected chi connectivity index (χ3v) is 7.53. The number of piperidine rings is 2. The predicted octanol–water partition coefficient (Wildman–Crippen LogP) is 2.58. The molecule has 3 aromatic rings. The first kappa shape index (κ1) is 23.5. The van der Waals surface area contributed by atoms with Gasteiger partial charge in [0, 0.05) is 42.8 Å². The van der Waals surface area contributed by atoms with Gasteiger partial charge in [0.15, 0.2) is 5.82 Å². The van der Waals surface area contributed by atoms with Crippen molar-refractivity contribution < 1.29 is 18.9 Å². The summed E-state index contributed by atoms with van der Waals surface area (Å²) in [6.07, 6.45) is 4.40. The molecule has 1 N–H and O–H groups in total. The van der Waals surface area contributed by atoms with Gasteiger partial charge in [-0.05, 0) is 74.7 Å². The number of hydrogen-bond acceptors (Lipinski definition) is 8. The molecule has 5 heterocycles. The van der Waals surface area contributed by atoms with Crippen LogP contribution in [0.1, 0.15) is 64.8 Å². The molecular weight excluding hydrogens is 472 g/mol. The van der Waals surface area contributed by atoms with Gasteiger partial charge in [0.25, 0.3) is 5.91 Å². The maximum Gasteiger partial charge on any atom is 0.255 e. The van der Waals surface area contributed by atoms with E-state index in [-0.39, 0.29) is 18.2 Å². The van der Waals surface area contributed by atoms with Crippen LogP contribution in [0.3, 0.4) is 0 Å². The summed E-state index contributed by atoms with van der Waals surface area (Å²) in [5.41, 5.74) is 4.44. The molecule has 1 unspecified atom stereocenters. The highest BCUT2D eigenvalue weighted by Gasteiger charge is 2.39. The number of likely N-dealkylation sites (tertiary alicyclic amines) is 1. The van der Waals surface area contributed by atoms with E-state index >= 15 is 0 Å². The Labute approximate surface area is 214 Å².